The van der Waals surface area contributed by atoms with Gasteiger partial charge >= 0.3 is 11.7 Å². The Bertz CT molecular complexity index is 622. The molecular weight excluding hydrogens is 304 g/mol. The van der Waals surface area contributed by atoms with Crippen LogP contribution in [0.5, 0.6) is 5.75 Å². The van der Waals surface area contributed by atoms with E-state index < -0.39 is 10.9 Å². The molecule has 0 aliphatic heterocycles. The highest BCUT2D eigenvalue weighted by molar-refractivity contribution is 5.95. The van der Waals surface area contributed by atoms with Gasteiger partial charge in [-0.2, -0.15) is 0 Å². The number of nitrogens with zero attached hydrogens (tertiary/aromatic N) is 1. The Labute approximate surface area is 132 Å². The van der Waals surface area contributed by atoms with Crippen molar-refractivity contribution in [3.8, 4) is 5.75 Å². The summed E-state index contributed by atoms with van der Waals surface area (Å²) in [6.45, 7) is 0. The number of hydrogen-bond donors (Lipinski definition) is 2. The largest absolute Gasteiger partial charge is 0.490 e. The molecule has 0 spiro atoms. The number of nitrogens with one attached hydrogen (secondary N) is 1. The summed E-state index contributed by atoms with van der Waals surface area (Å²) in [4.78, 5) is 33.4. The van der Waals surface area contributed by atoms with Crippen molar-refractivity contribution in [2.45, 2.75) is 31.7 Å². The number of nitro groups is 1. The van der Waals surface area contributed by atoms with Crippen molar-refractivity contribution in [2.75, 3.05) is 7.11 Å². The molecule has 0 bridgehead atoms. The number of carboxylic acid groups (broad SMARTS) is 1. The van der Waals surface area contributed by atoms with Gasteiger partial charge in [0.15, 0.2) is 5.75 Å². The van der Waals surface area contributed by atoms with Gasteiger partial charge in [0.05, 0.1) is 18.0 Å². The molecule has 23 heavy (non-hydrogen) atoms. The van der Waals surface area contributed by atoms with E-state index in [1.165, 1.54) is 25.3 Å². The van der Waals surface area contributed by atoms with Crippen LogP contribution in [-0.4, -0.2) is 35.1 Å². The minimum Gasteiger partial charge on any atom is -0.490 e. The molecule has 8 heteroatoms. The molecule has 0 saturated heterocycles. The average Bonchev–Trinajstić information content (AvgIpc) is 2.54. The predicted octanol–water partition coefficient (Wildman–Crippen LogP) is 1.98. The van der Waals surface area contributed by atoms with Crippen molar-refractivity contribution in [2.24, 2.45) is 5.92 Å². The number of amides is 1. The van der Waals surface area contributed by atoms with Crippen molar-refractivity contribution in [3.05, 3.63) is 33.9 Å². The Kier molecular flexibility index (Phi) is 5.15. The normalized spacial score (nSPS) is 20.6. The second-order valence-electron chi connectivity index (χ2n) is 5.50. The molecule has 1 aromatic carbocycles. The first kappa shape index (κ1) is 16.7. The number of carboxylic acids is 1. The number of benzene rings is 1. The summed E-state index contributed by atoms with van der Waals surface area (Å²) in [5.41, 5.74) is 0.0684. The summed E-state index contributed by atoms with van der Waals surface area (Å²) in [6.07, 6.45) is 2.27. The number of nitro benzene ring substituents is 1. The first-order chi connectivity index (χ1) is 10.9. The van der Waals surface area contributed by atoms with E-state index >= 15 is 0 Å². The average molecular weight is 322 g/mol. The van der Waals surface area contributed by atoms with Crippen molar-refractivity contribution in [3.63, 3.8) is 0 Å². The number of carbonyl (C=O) groups excluding carboxylic acids is 1. The van der Waals surface area contributed by atoms with Gasteiger partial charge in [-0.1, -0.05) is 0 Å². The van der Waals surface area contributed by atoms with E-state index in [0.717, 1.165) is 0 Å². The van der Waals surface area contributed by atoms with E-state index in [1.54, 1.807) is 0 Å². The number of rotatable bonds is 5. The van der Waals surface area contributed by atoms with Crippen LogP contribution in [0.2, 0.25) is 0 Å². The third kappa shape index (κ3) is 3.97. The summed E-state index contributed by atoms with van der Waals surface area (Å²) in [7, 11) is 1.30. The van der Waals surface area contributed by atoms with Gasteiger partial charge in [0, 0.05) is 23.7 Å². The van der Waals surface area contributed by atoms with Crippen LogP contribution in [0.1, 0.15) is 36.0 Å². The lowest BCUT2D eigenvalue weighted by atomic mass is 9.86. The molecule has 1 aromatic rings. The molecule has 1 aliphatic carbocycles. The summed E-state index contributed by atoms with van der Waals surface area (Å²) in [5, 5.41) is 22.6. The predicted molar refractivity (Wildman–Crippen MR) is 80.5 cm³/mol. The van der Waals surface area contributed by atoms with Crippen LogP contribution in [0.4, 0.5) is 5.69 Å². The first-order valence-corrected chi connectivity index (χ1v) is 7.28. The van der Waals surface area contributed by atoms with Gasteiger partial charge in [0.25, 0.3) is 5.91 Å². The minimum atomic E-state index is -0.796. The van der Waals surface area contributed by atoms with Crippen molar-refractivity contribution in [1.82, 2.24) is 5.32 Å². The topological polar surface area (TPSA) is 119 Å². The molecule has 1 fully saturated rings. The third-order valence-corrected chi connectivity index (χ3v) is 4.05. The lowest BCUT2D eigenvalue weighted by Crippen LogP contribution is -2.38. The van der Waals surface area contributed by atoms with E-state index in [0.29, 0.717) is 25.7 Å². The fourth-order valence-electron chi connectivity index (χ4n) is 2.72. The number of carbonyl (C=O) groups is 2. The lowest BCUT2D eigenvalue weighted by Gasteiger charge is -2.26. The first-order valence-electron chi connectivity index (χ1n) is 7.28. The summed E-state index contributed by atoms with van der Waals surface area (Å²) in [5.74, 6) is -1.47. The van der Waals surface area contributed by atoms with Crippen LogP contribution in [0, 0.1) is 16.0 Å². The standard InChI is InChI=1S/C15H18N2O6/c1-23-13-8-10(4-7-12(13)17(21)22)14(18)16-11-5-2-9(3-6-11)15(19)20/h4,7-9,11H,2-3,5-6H2,1H3,(H,16,18)(H,19,20). The molecule has 2 N–H and O–H groups in total. The minimum absolute atomic E-state index is 0.0252. The second-order valence-corrected chi connectivity index (χ2v) is 5.50. The van der Waals surface area contributed by atoms with Gasteiger partial charge in [-0.3, -0.25) is 19.7 Å². The van der Waals surface area contributed by atoms with Gasteiger partial charge < -0.3 is 15.2 Å². The van der Waals surface area contributed by atoms with Gasteiger partial charge in [-0.25, -0.2) is 0 Å². The van der Waals surface area contributed by atoms with Crippen molar-refractivity contribution < 1.29 is 24.4 Å². The summed E-state index contributed by atoms with van der Waals surface area (Å²) in [6, 6.07) is 3.85. The number of ether oxygens (including phenoxy) is 1. The SMILES string of the molecule is COc1cc(C(=O)NC2CCC(C(=O)O)CC2)ccc1[N+](=O)[O-]. The molecule has 1 aliphatic rings. The molecular formula is C15H18N2O6. The summed E-state index contributed by atoms with van der Waals surface area (Å²) >= 11 is 0. The van der Waals surface area contributed by atoms with E-state index in [2.05, 4.69) is 5.32 Å². The Morgan fingerprint density at radius 1 is 1.30 bits per heavy atom. The van der Waals surface area contributed by atoms with Crippen LogP contribution in [0.15, 0.2) is 18.2 Å². The van der Waals surface area contributed by atoms with E-state index in [9.17, 15) is 19.7 Å². The zero-order valence-corrected chi connectivity index (χ0v) is 12.7. The fraction of sp³-hybridized carbons (Fsp3) is 0.467. The van der Waals surface area contributed by atoms with Gasteiger partial charge in [0.1, 0.15) is 0 Å². The maximum Gasteiger partial charge on any atom is 0.310 e. The van der Waals surface area contributed by atoms with Gasteiger partial charge in [0.2, 0.25) is 0 Å². The number of hydrogen-bond acceptors (Lipinski definition) is 5. The van der Waals surface area contributed by atoms with Crippen LogP contribution >= 0.6 is 0 Å². The number of aliphatic carboxylic acids is 1. The third-order valence-electron chi connectivity index (χ3n) is 4.05. The quantitative estimate of drug-likeness (QED) is 0.632. The smallest absolute Gasteiger partial charge is 0.310 e. The highest BCUT2D eigenvalue weighted by Crippen LogP contribution is 2.28. The van der Waals surface area contributed by atoms with Crippen LogP contribution in [-0.2, 0) is 4.79 Å². The Morgan fingerprint density at radius 2 is 1.96 bits per heavy atom. The highest BCUT2D eigenvalue weighted by Gasteiger charge is 2.27. The Hall–Kier alpha value is -2.64. The van der Waals surface area contributed by atoms with Crippen molar-refractivity contribution >= 4 is 17.6 Å². The zero-order valence-electron chi connectivity index (χ0n) is 12.7. The second kappa shape index (κ2) is 7.08. The molecule has 124 valence electrons. The molecule has 0 atom stereocenters. The number of methoxy groups -OCH3 is 1. The van der Waals surface area contributed by atoms with E-state index in [1.807, 2.05) is 0 Å². The molecule has 0 radical (unpaired) electrons. The van der Waals surface area contributed by atoms with Crippen LogP contribution < -0.4 is 10.1 Å². The van der Waals surface area contributed by atoms with Crippen LogP contribution in [0.25, 0.3) is 0 Å². The van der Waals surface area contributed by atoms with Crippen LogP contribution in [0.3, 0.4) is 0 Å². The molecule has 8 nitrogen and oxygen atoms in total. The van der Waals surface area contributed by atoms with Gasteiger partial charge in [-0.15, -0.1) is 0 Å². The van der Waals surface area contributed by atoms with Crippen molar-refractivity contribution in [1.29, 1.82) is 0 Å². The molecule has 2 rings (SSSR count). The summed E-state index contributed by atoms with van der Waals surface area (Å²) < 4.78 is 4.94. The maximum atomic E-state index is 12.2. The van der Waals surface area contributed by atoms with Gasteiger partial charge in [-0.05, 0) is 31.7 Å². The van der Waals surface area contributed by atoms with E-state index in [4.69, 9.17) is 9.84 Å². The zero-order chi connectivity index (χ0) is 17.0. The Balaban J connectivity index is 2.01. The highest BCUT2D eigenvalue weighted by atomic mass is 16.6. The Morgan fingerprint density at radius 3 is 2.48 bits per heavy atom. The molecule has 1 amide bonds. The monoisotopic (exact) mass is 322 g/mol. The molecule has 1 saturated carbocycles. The fourth-order valence-corrected chi connectivity index (χ4v) is 2.72. The molecule has 0 unspecified atom stereocenters. The maximum absolute atomic E-state index is 12.2. The lowest BCUT2D eigenvalue weighted by molar-refractivity contribution is -0.385. The molecule has 0 heterocycles. The molecule has 0 aromatic heterocycles. The van der Waals surface area contributed by atoms with E-state index in [-0.39, 0.29) is 34.9 Å².